The van der Waals surface area contributed by atoms with E-state index in [4.69, 9.17) is 10.5 Å². The van der Waals surface area contributed by atoms with Gasteiger partial charge >= 0.3 is 0 Å². The van der Waals surface area contributed by atoms with Crippen LogP contribution in [0, 0.1) is 5.92 Å². The predicted octanol–water partition coefficient (Wildman–Crippen LogP) is 2.14. The zero-order valence-electron chi connectivity index (χ0n) is 10.3. The number of hydrogen-bond acceptors (Lipinski definition) is 3. The van der Waals surface area contributed by atoms with E-state index in [2.05, 4.69) is 21.2 Å². The van der Waals surface area contributed by atoms with Crippen LogP contribution in [0.4, 0.5) is 5.69 Å². The molecule has 1 aliphatic heterocycles. The van der Waals surface area contributed by atoms with Gasteiger partial charge in [0.1, 0.15) is 5.54 Å². The number of carbonyl (C=O) groups excluding carboxylic acids is 1. The van der Waals surface area contributed by atoms with E-state index in [0.29, 0.717) is 19.6 Å². The lowest BCUT2D eigenvalue weighted by atomic mass is 9.80. The first-order valence-electron chi connectivity index (χ1n) is 5.96. The number of hydrogen-bond donors (Lipinski definition) is 2. The summed E-state index contributed by atoms with van der Waals surface area (Å²) in [5.41, 5.74) is 5.78. The monoisotopic (exact) mass is 312 g/mol. The van der Waals surface area contributed by atoms with Crippen molar-refractivity contribution in [1.82, 2.24) is 0 Å². The number of halogens is 1. The first-order valence-corrected chi connectivity index (χ1v) is 6.75. The van der Waals surface area contributed by atoms with Crippen molar-refractivity contribution in [1.29, 1.82) is 0 Å². The zero-order valence-corrected chi connectivity index (χ0v) is 11.9. The quantitative estimate of drug-likeness (QED) is 0.898. The van der Waals surface area contributed by atoms with E-state index < -0.39 is 5.54 Å². The number of nitrogens with one attached hydrogen (secondary N) is 1. The molecule has 1 aliphatic rings. The van der Waals surface area contributed by atoms with Crippen LogP contribution < -0.4 is 11.1 Å². The fraction of sp³-hybridized carbons (Fsp3) is 0.462. The van der Waals surface area contributed by atoms with Gasteiger partial charge in [-0.2, -0.15) is 0 Å². The van der Waals surface area contributed by atoms with Crippen LogP contribution >= 0.6 is 15.9 Å². The Morgan fingerprint density at radius 3 is 2.72 bits per heavy atom. The number of nitrogens with two attached hydrogens (primary N) is 1. The summed E-state index contributed by atoms with van der Waals surface area (Å²) < 4.78 is 6.39. The molecule has 0 aliphatic carbocycles. The number of primary amides is 1. The second kappa shape index (κ2) is 5.28. The third-order valence-corrected chi connectivity index (χ3v) is 4.03. The standard InChI is InChI=1S/C13H17BrN2O2/c1-9-8-18-7-6-13(9,12(15)17)16-11-4-2-10(14)3-5-11/h2-5,9,16H,6-8H2,1H3,(H2,15,17). The summed E-state index contributed by atoms with van der Waals surface area (Å²) >= 11 is 3.39. The van der Waals surface area contributed by atoms with Crippen LogP contribution in [-0.2, 0) is 9.53 Å². The van der Waals surface area contributed by atoms with Gasteiger partial charge in [0.25, 0.3) is 0 Å². The van der Waals surface area contributed by atoms with Crippen molar-refractivity contribution in [3.63, 3.8) is 0 Å². The van der Waals surface area contributed by atoms with Gasteiger partial charge in [0.05, 0.1) is 6.61 Å². The minimum Gasteiger partial charge on any atom is -0.381 e. The molecule has 1 aromatic rings. The third-order valence-electron chi connectivity index (χ3n) is 3.50. The highest BCUT2D eigenvalue weighted by Crippen LogP contribution is 2.31. The molecular formula is C13H17BrN2O2. The van der Waals surface area contributed by atoms with Crippen LogP contribution in [0.5, 0.6) is 0 Å². The largest absolute Gasteiger partial charge is 0.381 e. The summed E-state index contributed by atoms with van der Waals surface area (Å²) in [5, 5.41) is 3.30. The SMILES string of the molecule is CC1COCCC1(Nc1ccc(Br)cc1)C(N)=O. The Morgan fingerprint density at radius 2 is 2.17 bits per heavy atom. The molecule has 4 nitrogen and oxygen atoms in total. The molecule has 3 N–H and O–H groups in total. The normalized spacial score (nSPS) is 27.8. The Morgan fingerprint density at radius 1 is 1.50 bits per heavy atom. The van der Waals surface area contributed by atoms with Crippen molar-refractivity contribution in [3.8, 4) is 0 Å². The number of amides is 1. The Labute approximate surface area is 115 Å². The van der Waals surface area contributed by atoms with Crippen LogP contribution in [0.25, 0.3) is 0 Å². The van der Waals surface area contributed by atoms with Crippen molar-refractivity contribution in [2.75, 3.05) is 18.5 Å². The number of benzene rings is 1. The molecule has 18 heavy (non-hydrogen) atoms. The van der Waals surface area contributed by atoms with Crippen LogP contribution in [0.15, 0.2) is 28.7 Å². The fourth-order valence-electron chi connectivity index (χ4n) is 2.29. The number of rotatable bonds is 3. The van der Waals surface area contributed by atoms with Gasteiger partial charge < -0.3 is 15.8 Å². The van der Waals surface area contributed by atoms with Crippen molar-refractivity contribution in [3.05, 3.63) is 28.7 Å². The molecule has 0 aromatic heterocycles. The van der Waals surface area contributed by atoms with Gasteiger partial charge in [0, 0.05) is 29.1 Å². The van der Waals surface area contributed by atoms with Crippen molar-refractivity contribution in [2.24, 2.45) is 11.7 Å². The Hall–Kier alpha value is -1.07. The van der Waals surface area contributed by atoms with E-state index in [9.17, 15) is 4.79 Å². The highest BCUT2D eigenvalue weighted by atomic mass is 79.9. The third kappa shape index (κ3) is 2.52. The van der Waals surface area contributed by atoms with Gasteiger partial charge in [-0.1, -0.05) is 22.9 Å². The van der Waals surface area contributed by atoms with Crippen LogP contribution in [0.1, 0.15) is 13.3 Å². The maximum atomic E-state index is 11.9. The summed E-state index contributed by atoms with van der Waals surface area (Å²) in [4.78, 5) is 11.9. The molecule has 0 spiro atoms. The van der Waals surface area contributed by atoms with Crippen molar-refractivity contribution >= 4 is 27.5 Å². The van der Waals surface area contributed by atoms with Crippen molar-refractivity contribution in [2.45, 2.75) is 18.9 Å². The fourth-order valence-corrected chi connectivity index (χ4v) is 2.55. The van der Waals surface area contributed by atoms with E-state index in [1.807, 2.05) is 31.2 Å². The first-order chi connectivity index (χ1) is 8.54. The van der Waals surface area contributed by atoms with E-state index in [1.165, 1.54) is 0 Å². The average Bonchev–Trinajstić information content (AvgIpc) is 2.35. The molecule has 1 saturated heterocycles. The molecule has 5 heteroatoms. The summed E-state index contributed by atoms with van der Waals surface area (Å²) in [5.74, 6) is -0.270. The maximum absolute atomic E-state index is 11.9. The molecule has 0 saturated carbocycles. The molecule has 2 rings (SSSR count). The summed E-state index contributed by atoms with van der Waals surface area (Å²) in [6.07, 6.45) is 0.597. The number of carbonyl (C=O) groups is 1. The molecule has 1 amide bonds. The lowest BCUT2D eigenvalue weighted by Crippen LogP contribution is -2.59. The Balaban J connectivity index is 2.25. The lowest BCUT2D eigenvalue weighted by Gasteiger charge is -2.41. The van der Waals surface area contributed by atoms with Gasteiger partial charge in [-0.3, -0.25) is 4.79 Å². The summed E-state index contributed by atoms with van der Waals surface area (Å²) in [6, 6.07) is 7.72. The minimum atomic E-state index is -0.716. The zero-order chi connectivity index (χ0) is 13.2. The molecular weight excluding hydrogens is 296 g/mol. The molecule has 1 heterocycles. The molecule has 0 bridgehead atoms. The van der Waals surface area contributed by atoms with E-state index >= 15 is 0 Å². The molecule has 1 fully saturated rings. The lowest BCUT2D eigenvalue weighted by molar-refractivity contribution is -0.128. The molecule has 2 unspecified atom stereocenters. The minimum absolute atomic E-state index is 0.0485. The smallest absolute Gasteiger partial charge is 0.243 e. The van der Waals surface area contributed by atoms with E-state index in [-0.39, 0.29) is 11.8 Å². The van der Waals surface area contributed by atoms with Gasteiger partial charge in [0.15, 0.2) is 0 Å². The molecule has 0 radical (unpaired) electrons. The van der Waals surface area contributed by atoms with Gasteiger partial charge in [-0.25, -0.2) is 0 Å². The number of anilines is 1. The topological polar surface area (TPSA) is 64.3 Å². The molecule has 2 atom stereocenters. The van der Waals surface area contributed by atoms with Crippen LogP contribution in [-0.4, -0.2) is 24.7 Å². The number of ether oxygens (including phenoxy) is 1. The summed E-state index contributed by atoms with van der Waals surface area (Å²) in [6.45, 7) is 3.08. The van der Waals surface area contributed by atoms with Crippen LogP contribution in [0.2, 0.25) is 0 Å². The highest BCUT2D eigenvalue weighted by molar-refractivity contribution is 9.10. The van der Waals surface area contributed by atoms with Crippen molar-refractivity contribution < 1.29 is 9.53 Å². The second-order valence-corrected chi connectivity index (χ2v) is 5.61. The molecule has 98 valence electrons. The maximum Gasteiger partial charge on any atom is 0.243 e. The Bertz CT molecular complexity index is 435. The van der Waals surface area contributed by atoms with Gasteiger partial charge in [0.2, 0.25) is 5.91 Å². The van der Waals surface area contributed by atoms with Gasteiger partial charge in [-0.15, -0.1) is 0 Å². The predicted molar refractivity (Wildman–Crippen MR) is 74.3 cm³/mol. The second-order valence-electron chi connectivity index (χ2n) is 4.69. The first kappa shape index (κ1) is 13.4. The van der Waals surface area contributed by atoms with E-state index in [1.54, 1.807) is 0 Å². The highest BCUT2D eigenvalue weighted by Gasteiger charge is 2.44. The summed E-state index contributed by atoms with van der Waals surface area (Å²) in [7, 11) is 0. The Kier molecular flexibility index (Phi) is 3.92. The van der Waals surface area contributed by atoms with Crippen LogP contribution in [0.3, 0.4) is 0 Å². The average molecular weight is 313 g/mol. The van der Waals surface area contributed by atoms with E-state index in [0.717, 1.165) is 10.2 Å². The molecule has 1 aromatic carbocycles. The van der Waals surface area contributed by atoms with Gasteiger partial charge in [-0.05, 0) is 24.3 Å².